The van der Waals surface area contributed by atoms with E-state index < -0.39 is 5.92 Å². The van der Waals surface area contributed by atoms with Crippen LogP contribution in [0.3, 0.4) is 0 Å². The van der Waals surface area contributed by atoms with Crippen LogP contribution in [0.5, 0.6) is 0 Å². The minimum atomic E-state index is -0.568. The van der Waals surface area contributed by atoms with E-state index in [1.165, 1.54) is 0 Å². The van der Waals surface area contributed by atoms with E-state index in [0.29, 0.717) is 6.61 Å². The molecule has 1 saturated heterocycles. The van der Waals surface area contributed by atoms with Gasteiger partial charge in [-0.1, -0.05) is 0 Å². The van der Waals surface area contributed by atoms with Gasteiger partial charge in [0.25, 0.3) is 0 Å². The van der Waals surface area contributed by atoms with Crippen LogP contribution in [0.2, 0.25) is 0 Å². The van der Waals surface area contributed by atoms with Crippen molar-refractivity contribution in [1.82, 2.24) is 5.32 Å². The number of carbonyl (C=O) groups excluding carboxylic acids is 1. The van der Waals surface area contributed by atoms with Gasteiger partial charge in [0.2, 0.25) is 5.91 Å². The summed E-state index contributed by atoms with van der Waals surface area (Å²) >= 11 is 0. The Balaban J connectivity index is 2.31. The zero-order valence-electron chi connectivity index (χ0n) is 7.75. The van der Waals surface area contributed by atoms with Gasteiger partial charge in [-0.05, 0) is 19.8 Å². The molecule has 0 radical (unpaired) electrons. The first-order chi connectivity index (χ1) is 6.24. The second-order valence-electron chi connectivity index (χ2n) is 3.27. The number of nitriles is 1. The molecule has 4 heteroatoms. The van der Waals surface area contributed by atoms with Crippen LogP contribution in [-0.4, -0.2) is 25.2 Å². The Bertz CT molecular complexity index is 216. The van der Waals surface area contributed by atoms with Gasteiger partial charge in [-0.25, -0.2) is 0 Å². The van der Waals surface area contributed by atoms with Crippen LogP contribution in [0.4, 0.5) is 0 Å². The van der Waals surface area contributed by atoms with Gasteiger partial charge < -0.3 is 10.1 Å². The third-order valence-corrected chi connectivity index (χ3v) is 2.09. The maximum atomic E-state index is 11.3. The first kappa shape index (κ1) is 10.0. The largest absolute Gasteiger partial charge is 0.379 e. The molecule has 2 unspecified atom stereocenters. The molecule has 0 aromatic rings. The molecule has 1 aliphatic rings. The summed E-state index contributed by atoms with van der Waals surface area (Å²) < 4.78 is 5.20. The molecule has 13 heavy (non-hydrogen) atoms. The van der Waals surface area contributed by atoms with Crippen LogP contribution >= 0.6 is 0 Å². The predicted octanol–water partition coefficient (Wildman–Crippen LogP) is 0.441. The van der Waals surface area contributed by atoms with E-state index in [0.717, 1.165) is 19.4 Å². The standard InChI is InChI=1S/C9H14N2O2/c1-7(5-10)9(12)11-8-3-2-4-13-6-8/h7-8H,2-4,6H2,1H3,(H,11,12). The fraction of sp³-hybridized carbons (Fsp3) is 0.778. The molecule has 4 nitrogen and oxygen atoms in total. The summed E-state index contributed by atoms with van der Waals surface area (Å²) in [5.41, 5.74) is 0. The quantitative estimate of drug-likeness (QED) is 0.674. The molecule has 1 N–H and O–H groups in total. The molecule has 1 rings (SSSR count). The van der Waals surface area contributed by atoms with Crippen molar-refractivity contribution in [3.63, 3.8) is 0 Å². The Morgan fingerprint density at radius 3 is 3.08 bits per heavy atom. The van der Waals surface area contributed by atoms with E-state index in [-0.39, 0.29) is 11.9 Å². The van der Waals surface area contributed by atoms with Gasteiger partial charge in [0, 0.05) is 6.61 Å². The summed E-state index contributed by atoms with van der Waals surface area (Å²) in [6.45, 7) is 2.95. The van der Waals surface area contributed by atoms with Gasteiger partial charge >= 0.3 is 0 Å². The monoisotopic (exact) mass is 182 g/mol. The fourth-order valence-corrected chi connectivity index (χ4v) is 1.24. The number of carbonyl (C=O) groups is 1. The molecule has 0 saturated carbocycles. The highest BCUT2D eigenvalue weighted by Gasteiger charge is 2.19. The van der Waals surface area contributed by atoms with Crippen molar-refractivity contribution in [3.05, 3.63) is 0 Å². The Hall–Kier alpha value is -1.08. The van der Waals surface area contributed by atoms with Gasteiger partial charge in [-0.15, -0.1) is 0 Å². The molecule has 72 valence electrons. The maximum Gasteiger partial charge on any atom is 0.237 e. The first-order valence-corrected chi connectivity index (χ1v) is 4.51. The van der Waals surface area contributed by atoms with Crippen molar-refractivity contribution < 1.29 is 9.53 Å². The van der Waals surface area contributed by atoms with Crippen LogP contribution in [0.15, 0.2) is 0 Å². The summed E-state index contributed by atoms with van der Waals surface area (Å²) in [5.74, 6) is -0.764. The molecular weight excluding hydrogens is 168 g/mol. The average molecular weight is 182 g/mol. The number of rotatable bonds is 2. The van der Waals surface area contributed by atoms with Crippen molar-refractivity contribution in [3.8, 4) is 6.07 Å². The van der Waals surface area contributed by atoms with Gasteiger partial charge in [0.1, 0.15) is 5.92 Å². The Kier molecular flexibility index (Phi) is 3.71. The lowest BCUT2D eigenvalue weighted by molar-refractivity contribution is -0.124. The lowest BCUT2D eigenvalue weighted by atomic mass is 10.1. The lowest BCUT2D eigenvalue weighted by Gasteiger charge is -2.23. The molecule has 0 spiro atoms. The summed E-state index contributed by atoms with van der Waals surface area (Å²) in [7, 11) is 0. The van der Waals surface area contributed by atoms with Crippen molar-refractivity contribution >= 4 is 5.91 Å². The minimum absolute atomic E-state index is 0.0945. The fourth-order valence-electron chi connectivity index (χ4n) is 1.24. The van der Waals surface area contributed by atoms with Crippen LogP contribution in [0.1, 0.15) is 19.8 Å². The summed E-state index contributed by atoms with van der Waals surface area (Å²) in [6, 6.07) is 2.00. The zero-order chi connectivity index (χ0) is 9.68. The van der Waals surface area contributed by atoms with Crippen LogP contribution in [0.25, 0.3) is 0 Å². The first-order valence-electron chi connectivity index (χ1n) is 4.51. The number of nitrogens with one attached hydrogen (secondary N) is 1. The number of amides is 1. The van der Waals surface area contributed by atoms with E-state index in [1.807, 2.05) is 6.07 Å². The number of nitrogens with zero attached hydrogens (tertiary/aromatic N) is 1. The number of hydrogen-bond donors (Lipinski definition) is 1. The van der Waals surface area contributed by atoms with Crippen molar-refractivity contribution in [2.24, 2.45) is 5.92 Å². The van der Waals surface area contributed by atoms with Gasteiger partial charge in [-0.2, -0.15) is 5.26 Å². The highest BCUT2D eigenvalue weighted by atomic mass is 16.5. The molecule has 1 aliphatic heterocycles. The molecule has 0 bridgehead atoms. The molecule has 0 aromatic heterocycles. The van der Waals surface area contributed by atoms with Gasteiger partial charge in [0.05, 0.1) is 18.7 Å². The molecule has 1 heterocycles. The minimum Gasteiger partial charge on any atom is -0.379 e. The Morgan fingerprint density at radius 2 is 2.54 bits per heavy atom. The number of ether oxygens (including phenoxy) is 1. The normalized spacial score (nSPS) is 24.5. The van der Waals surface area contributed by atoms with Gasteiger partial charge in [0.15, 0.2) is 0 Å². The van der Waals surface area contributed by atoms with E-state index >= 15 is 0 Å². The highest BCUT2D eigenvalue weighted by Crippen LogP contribution is 2.06. The Morgan fingerprint density at radius 1 is 1.77 bits per heavy atom. The molecule has 2 atom stereocenters. The summed E-state index contributed by atoms with van der Waals surface area (Å²) in [5, 5.41) is 11.3. The predicted molar refractivity (Wildman–Crippen MR) is 46.8 cm³/mol. The molecule has 1 amide bonds. The molecule has 0 aliphatic carbocycles. The number of hydrogen-bond acceptors (Lipinski definition) is 3. The second kappa shape index (κ2) is 4.83. The summed E-state index contributed by atoms with van der Waals surface area (Å²) in [4.78, 5) is 11.3. The smallest absolute Gasteiger partial charge is 0.237 e. The molecule has 0 aromatic carbocycles. The van der Waals surface area contributed by atoms with Crippen LogP contribution < -0.4 is 5.32 Å². The molecule has 1 fully saturated rings. The second-order valence-corrected chi connectivity index (χ2v) is 3.27. The highest BCUT2D eigenvalue weighted by molar-refractivity contribution is 5.80. The van der Waals surface area contributed by atoms with Crippen LogP contribution in [0, 0.1) is 17.2 Å². The third kappa shape index (κ3) is 3.03. The van der Waals surface area contributed by atoms with E-state index in [1.54, 1.807) is 6.92 Å². The topological polar surface area (TPSA) is 62.1 Å². The van der Waals surface area contributed by atoms with Crippen molar-refractivity contribution in [2.75, 3.05) is 13.2 Å². The van der Waals surface area contributed by atoms with Gasteiger partial charge in [-0.3, -0.25) is 4.79 Å². The maximum absolute atomic E-state index is 11.3. The zero-order valence-corrected chi connectivity index (χ0v) is 7.75. The SMILES string of the molecule is CC(C#N)C(=O)NC1CCCOC1. The lowest BCUT2D eigenvalue weighted by Crippen LogP contribution is -2.42. The van der Waals surface area contributed by atoms with Crippen molar-refractivity contribution in [1.29, 1.82) is 5.26 Å². The van der Waals surface area contributed by atoms with E-state index in [4.69, 9.17) is 10.00 Å². The van der Waals surface area contributed by atoms with E-state index in [9.17, 15) is 4.79 Å². The molecular formula is C9H14N2O2. The average Bonchev–Trinajstić information content (AvgIpc) is 2.18. The van der Waals surface area contributed by atoms with E-state index in [2.05, 4.69) is 5.32 Å². The summed E-state index contributed by atoms with van der Waals surface area (Å²) in [6.07, 6.45) is 1.93. The van der Waals surface area contributed by atoms with Crippen LogP contribution in [-0.2, 0) is 9.53 Å². The Labute approximate surface area is 77.9 Å². The third-order valence-electron chi connectivity index (χ3n) is 2.09. The van der Waals surface area contributed by atoms with Crippen molar-refractivity contribution in [2.45, 2.75) is 25.8 Å².